The molecule has 0 aromatic heterocycles. The number of quaternary nitrogens is 1. The Kier molecular flexibility index (Phi) is 5.43. The molecule has 3 aromatic carbocycles. The van der Waals surface area contributed by atoms with Crippen LogP contribution in [0.1, 0.15) is 10.4 Å². The first-order valence-corrected chi connectivity index (χ1v) is 9.91. The topological polar surface area (TPSA) is 53.9 Å². The number of carbonyl (C=O) groups excluding carboxylic acids is 1. The van der Waals surface area contributed by atoms with Crippen LogP contribution < -0.4 is 10.5 Å². The minimum atomic E-state index is -0.347. The van der Waals surface area contributed by atoms with Gasteiger partial charge in [0, 0.05) is 22.2 Å². The average molecular weight is 642 g/mol. The normalized spacial score (nSPS) is 10.8. The van der Waals surface area contributed by atoms with Crippen molar-refractivity contribution in [3.05, 3.63) is 64.8 Å². The van der Waals surface area contributed by atoms with Gasteiger partial charge in [-0.2, -0.15) is 0 Å². The molecule has 0 fully saturated rings. The van der Waals surface area contributed by atoms with E-state index in [1.54, 1.807) is 6.07 Å². The smallest absolute Gasteiger partial charge is 0.344 e. The van der Waals surface area contributed by atoms with E-state index in [0.717, 1.165) is 27.2 Å². The molecule has 0 unspecified atom stereocenters. The van der Waals surface area contributed by atoms with E-state index in [4.69, 9.17) is 4.74 Å². The third-order valence-corrected chi connectivity index (χ3v) is 7.01. The SMILES string of the molecule is [NH3+]c1cc(OC(=O)c2cc(I)cc(I)c2I)cc2ccccc12. The molecule has 6 heteroatoms. The predicted molar refractivity (Wildman–Crippen MR) is 116 cm³/mol. The number of fused-ring (bicyclic) bond motifs is 1. The quantitative estimate of drug-likeness (QED) is 0.190. The van der Waals surface area contributed by atoms with Gasteiger partial charge < -0.3 is 10.5 Å². The summed E-state index contributed by atoms with van der Waals surface area (Å²) in [5.41, 5.74) is 5.47. The fourth-order valence-electron chi connectivity index (χ4n) is 2.29. The van der Waals surface area contributed by atoms with Crippen LogP contribution in [0.15, 0.2) is 48.5 Å². The van der Waals surface area contributed by atoms with Gasteiger partial charge in [-0.15, -0.1) is 0 Å². The summed E-state index contributed by atoms with van der Waals surface area (Å²) >= 11 is 6.61. The van der Waals surface area contributed by atoms with Crippen molar-refractivity contribution in [1.29, 1.82) is 0 Å². The van der Waals surface area contributed by atoms with Gasteiger partial charge in [-0.25, -0.2) is 4.79 Å². The second-order valence-corrected chi connectivity index (χ2v) is 8.43. The van der Waals surface area contributed by atoms with Gasteiger partial charge in [0.25, 0.3) is 0 Å². The van der Waals surface area contributed by atoms with Gasteiger partial charge in [-0.05, 0) is 97.4 Å². The van der Waals surface area contributed by atoms with Crippen LogP contribution in [0.4, 0.5) is 5.69 Å². The maximum atomic E-state index is 12.5. The molecule has 0 aliphatic heterocycles. The van der Waals surface area contributed by atoms with Crippen LogP contribution in [-0.4, -0.2) is 5.97 Å². The maximum absolute atomic E-state index is 12.5. The minimum absolute atomic E-state index is 0.347. The minimum Gasteiger partial charge on any atom is -0.423 e. The molecule has 3 nitrogen and oxygen atoms in total. The van der Waals surface area contributed by atoms with E-state index < -0.39 is 0 Å². The van der Waals surface area contributed by atoms with E-state index in [2.05, 4.69) is 73.5 Å². The maximum Gasteiger partial charge on any atom is 0.344 e. The summed E-state index contributed by atoms with van der Waals surface area (Å²) in [6, 6.07) is 15.5. The van der Waals surface area contributed by atoms with Gasteiger partial charge in [-0.3, -0.25) is 0 Å². The lowest BCUT2D eigenvalue weighted by molar-refractivity contribution is -0.252. The molecule has 116 valence electrons. The molecule has 0 aliphatic carbocycles. The van der Waals surface area contributed by atoms with Crippen molar-refractivity contribution in [2.45, 2.75) is 0 Å². The lowest BCUT2D eigenvalue weighted by atomic mass is 10.1. The zero-order valence-corrected chi connectivity index (χ0v) is 18.2. The Morgan fingerprint density at radius 3 is 2.52 bits per heavy atom. The van der Waals surface area contributed by atoms with Crippen LogP contribution >= 0.6 is 67.8 Å². The number of carbonyl (C=O) groups is 1. The summed E-state index contributed by atoms with van der Waals surface area (Å²) in [6.45, 7) is 0. The number of halogens is 3. The zero-order chi connectivity index (χ0) is 16.6. The summed E-state index contributed by atoms with van der Waals surface area (Å²) in [6.07, 6.45) is 0. The van der Waals surface area contributed by atoms with E-state index in [0.29, 0.717) is 11.3 Å². The second kappa shape index (κ2) is 7.19. The highest BCUT2D eigenvalue weighted by Crippen LogP contribution is 2.28. The van der Waals surface area contributed by atoms with Gasteiger partial charge in [0.05, 0.1) is 5.56 Å². The Hall–Kier alpha value is -0.460. The third-order valence-electron chi connectivity index (χ3n) is 3.34. The third kappa shape index (κ3) is 3.80. The summed E-state index contributed by atoms with van der Waals surface area (Å²) in [7, 11) is 0. The standard InChI is InChI=1S/C17H10I3NO2/c18-10-6-13(16(20)14(19)7-10)17(22)23-11-5-9-3-1-2-4-12(9)15(21)8-11/h1-8H,21H2/p+1. The fourth-order valence-corrected chi connectivity index (χ4v) is 4.66. The summed E-state index contributed by atoms with van der Waals surface area (Å²) in [5, 5.41) is 2.07. The number of benzene rings is 3. The fraction of sp³-hybridized carbons (Fsp3) is 0. The van der Waals surface area contributed by atoms with Crippen molar-refractivity contribution in [2.75, 3.05) is 0 Å². The summed E-state index contributed by atoms with van der Waals surface area (Å²) in [4.78, 5) is 12.5. The molecule has 0 saturated carbocycles. The molecular weight excluding hydrogens is 631 g/mol. The largest absolute Gasteiger partial charge is 0.423 e. The molecule has 0 saturated heterocycles. The Morgan fingerprint density at radius 1 is 1.00 bits per heavy atom. The monoisotopic (exact) mass is 642 g/mol. The molecule has 0 radical (unpaired) electrons. The van der Waals surface area contributed by atoms with Crippen molar-refractivity contribution >= 4 is 90.2 Å². The first-order chi connectivity index (χ1) is 11.0. The van der Waals surface area contributed by atoms with Crippen LogP contribution in [0.25, 0.3) is 10.8 Å². The highest BCUT2D eigenvalue weighted by molar-refractivity contribution is 14.1. The molecule has 0 aliphatic rings. The number of ether oxygens (including phenoxy) is 1. The van der Waals surface area contributed by atoms with Gasteiger partial charge >= 0.3 is 5.97 Å². The second-order valence-electron chi connectivity index (χ2n) is 4.94. The first kappa shape index (κ1) is 17.4. The lowest BCUT2D eigenvalue weighted by Gasteiger charge is -2.09. The Labute approximate surface area is 174 Å². The zero-order valence-electron chi connectivity index (χ0n) is 11.8. The van der Waals surface area contributed by atoms with E-state index in [-0.39, 0.29) is 5.97 Å². The van der Waals surface area contributed by atoms with Crippen LogP contribution in [0.5, 0.6) is 5.75 Å². The number of hydrogen-bond donors (Lipinski definition) is 1. The molecule has 0 amide bonds. The highest BCUT2D eigenvalue weighted by Gasteiger charge is 2.17. The molecular formula is C17H11I3NO2+. The van der Waals surface area contributed by atoms with Crippen molar-refractivity contribution < 1.29 is 15.3 Å². The Bertz CT molecular complexity index is 925. The van der Waals surface area contributed by atoms with Crippen LogP contribution in [0.2, 0.25) is 0 Å². The van der Waals surface area contributed by atoms with Crippen molar-refractivity contribution in [3.63, 3.8) is 0 Å². The Balaban J connectivity index is 1.98. The van der Waals surface area contributed by atoms with Crippen molar-refractivity contribution in [2.24, 2.45) is 0 Å². The van der Waals surface area contributed by atoms with Gasteiger partial charge in [-0.1, -0.05) is 18.2 Å². The van der Waals surface area contributed by atoms with Crippen molar-refractivity contribution in [1.82, 2.24) is 0 Å². The lowest BCUT2D eigenvalue weighted by Crippen LogP contribution is -2.40. The molecule has 23 heavy (non-hydrogen) atoms. The summed E-state index contributed by atoms with van der Waals surface area (Å²) < 4.78 is 8.55. The number of esters is 1. The predicted octanol–water partition coefficient (Wildman–Crippen LogP) is 4.75. The van der Waals surface area contributed by atoms with E-state index >= 15 is 0 Å². The molecule has 3 N–H and O–H groups in total. The molecule has 0 spiro atoms. The summed E-state index contributed by atoms with van der Waals surface area (Å²) in [5.74, 6) is 0.170. The molecule has 3 rings (SSSR count). The number of rotatable bonds is 2. The van der Waals surface area contributed by atoms with Gasteiger partial charge in [0.15, 0.2) is 0 Å². The molecule has 3 aromatic rings. The molecule has 0 bridgehead atoms. The molecule has 0 atom stereocenters. The van der Waals surface area contributed by atoms with Crippen LogP contribution in [0, 0.1) is 10.7 Å². The average Bonchev–Trinajstić information content (AvgIpc) is 2.51. The van der Waals surface area contributed by atoms with E-state index in [9.17, 15) is 4.79 Å². The van der Waals surface area contributed by atoms with Crippen LogP contribution in [-0.2, 0) is 0 Å². The van der Waals surface area contributed by atoms with E-state index in [1.807, 2.05) is 42.5 Å². The Morgan fingerprint density at radius 2 is 1.74 bits per heavy atom. The molecule has 0 heterocycles. The van der Waals surface area contributed by atoms with Gasteiger partial charge in [0.2, 0.25) is 0 Å². The van der Waals surface area contributed by atoms with Crippen molar-refractivity contribution in [3.8, 4) is 5.75 Å². The van der Waals surface area contributed by atoms with Gasteiger partial charge in [0.1, 0.15) is 11.4 Å². The van der Waals surface area contributed by atoms with Crippen LogP contribution in [0.3, 0.4) is 0 Å². The highest BCUT2D eigenvalue weighted by atomic mass is 127. The van der Waals surface area contributed by atoms with E-state index in [1.165, 1.54) is 0 Å². The first-order valence-electron chi connectivity index (χ1n) is 6.67. The number of hydrogen-bond acceptors (Lipinski definition) is 2.